The van der Waals surface area contributed by atoms with Crippen molar-refractivity contribution in [3.05, 3.63) is 82.9 Å². The second-order valence-electron chi connectivity index (χ2n) is 13.3. The lowest BCUT2D eigenvalue weighted by Crippen LogP contribution is -2.41. The first kappa shape index (κ1) is 32.2. The Hall–Kier alpha value is -4.79. The van der Waals surface area contributed by atoms with Crippen LogP contribution < -0.4 is 20.1 Å². The van der Waals surface area contributed by atoms with Crippen LogP contribution in [0.2, 0.25) is 0 Å². The van der Waals surface area contributed by atoms with Gasteiger partial charge in [-0.25, -0.2) is 4.79 Å². The number of carbonyl (C=O) groups excluding carboxylic acids is 2. The van der Waals surface area contributed by atoms with Gasteiger partial charge in [0, 0.05) is 41.4 Å². The normalized spacial score (nSPS) is 15.5. The average molecular weight is 638 g/mol. The van der Waals surface area contributed by atoms with Crippen LogP contribution in [0.1, 0.15) is 85.8 Å². The summed E-state index contributed by atoms with van der Waals surface area (Å²) in [6, 6.07) is 18.6. The van der Waals surface area contributed by atoms with Gasteiger partial charge < -0.3 is 29.8 Å². The van der Waals surface area contributed by atoms with E-state index in [1.165, 1.54) is 42.8 Å². The van der Waals surface area contributed by atoms with E-state index in [0.717, 1.165) is 46.5 Å². The second-order valence-corrected chi connectivity index (χ2v) is 13.3. The number of aliphatic carboxylic acids is 1. The summed E-state index contributed by atoms with van der Waals surface area (Å²) in [6.07, 6.45) is 6.17. The van der Waals surface area contributed by atoms with E-state index < -0.39 is 23.5 Å². The van der Waals surface area contributed by atoms with Crippen molar-refractivity contribution in [3.8, 4) is 22.8 Å². The number of ether oxygens (including phenoxy) is 2. The van der Waals surface area contributed by atoms with Crippen molar-refractivity contribution in [3.63, 3.8) is 0 Å². The van der Waals surface area contributed by atoms with Gasteiger partial charge in [-0.3, -0.25) is 9.59 Å². The van der Waals surface area contributed by atoms with Crippen molar-refractivity contribution < 1.29 is 29.0 Å². The molecule has 2 heterocycles. The summed E-state index contributed by atoms with van der Waals surface area (Å²) in [5, 5.41) is 16.4. The largest absolute Gasteiger partial charge is 0.497 e. The molecule has 4 aromatic rings. The van der Waals surface area contributed by atoms with Gasteiger partial charge in [-0.15, -0.1) is 0 Å². The van der Waals surface area contributed by atoms with Crippen LogP contribution in [0.15, 0.2) is 60.7 Å². The van der Waals surface area contributed by atoms with Crippen LogP contribution in [-0.4, -0.2) is 47.2 Å². The average Bonchev–Trinajstić information content (AvgIpc) is 3.25. The van der Waals surface area contributed by atoms with E-state index in [2.05, 4.69) is 27.3 Å². The highest BCUT2D eigenvalue weighted by Crippen LogP contribution is 2.47. The first-order valence-electron chi connectivity index (χ1n) is 16.4. The van der Waals surface area contributed by atoms with Crippen LogP contribution in [0, 0.1) is 0 Å². The van der Waals surface area contributed by atoms with E-state index in [-0.39, 0.29) is 12.3 Å². The Morgan fingerprint density at radius 2 is 1.77 bits per heavy atom. The van der Waals surface area contributed by atoms with E-state index in [1.807, 2.05) is 62.4 Å². The molecule has 1 atom stereocenters. The lowest BCUT2D eigenvalue weighted by molar-refractivity contribution is -0.141. The predicted octanol–water partition coefficient (Wildman–Crippen LogP) is 6.55. The number of methoxy groups -OCH3 is 1. The molecule has 2 amide bonds. The number of carboxylic acids is 1. The number of nitrogens with zero attached hydrogens (tertiary/aromatic N) is 1. The van der Waals surface area contributed by atoms with Crippen LogP contribution in [0.3, 0.4) is 0 Å². The maximum Gasteiger partial charge on any atom is 0.326 e. The van der Waals surface area contributed by atoms with Gasteiger partial charge in [0.1, 0.15) is 24.1 Å². The fourth-order valence-electron chi connectivity index (χ4n) is 7.20. The number of aromatic nitrogens is 1. The maximum atomic E-state index is 13.8. The predicted molar refractivity (Wildman–Crippen MR) is 181 cm³/mol. The monoisotopic (exact) mass is 637 g/mol. The first-order valence-corrected chi connectivity index (χ1v) is 16.4. The van der Waals surface area contributed by atoms with Crippen LogP contribution in [0.5, 0.6) is 11.5 Å². The Morgan fingerprint density at radius 1 is 1.02 bits per heavy atom. The topological polar surface area (TPSA) is 119 Å². The molecule has 1 aliphatic heterocycles. The lowest BCUT2D eigenvalue weighted by atomic mass is 9.81. The van der Waals surface area contributed by atoms with E-state index >= 15 is 0 Å². The number of hydrogen-bond acceptors (Lipinski definition) is 5. The zero-order valence-corrected chi connectivity index (χ0v) is 27.5. The van der Waals surface area contributed by atoms with Crippen molar-refractivity contribution >= 4 is 28.7 Å². The number of hydrogen-bond donors (Lipinski definition) is 3. The highest BCUT2D eigenvalue weighted by atomic mass is 16.5. The molecule has 0 saturated heterocycles. The zero-order chi connectivity index (χ0) is 33.3. The molecule has 0 spiro atoms. The van der Waals surface area contributed by atoms with Crippen molar-refractivity contribution in [1.82, 2.24) is 15.2 Å². The number of nitrogens with one attached hydrogen (secondary N) is 2. The number of benzene rings is 3. The quantitative estimate of drug-likeness (QED) is 0.192. The molecule has 0 bridgehead atoms. The highest BCUT2D eigenvalue weighted by molar-refractivity contribution is 6.01. The summed E-state index contributed by atoms with van der Waals surface area (Å²) in [5.74, 6) is 0.372. The molecule has 47 heavy (non-hydrogen) atoms. The minimum absolute atomic E-state index is 0.162. The zero-order valence-electron chi connectivity index (χ0n) is 27.5. The molecular weight excluding hydrogens is 594 g/mol. The van der Waals surface area contributed by atoms with Crippen LogP contribution in [0.4, 0.5) is 0 Å². The second kappa shape index (κ2) is 13.1. The SMILES string of the molecule is COc1ccc2c(c1)OCCn1c-2c(C2CCCCC2)c2ccc(C(=O)NC(C)(C)c3ccc(CC(NC(C)=O)C(=O)O)cc3)cc21. The summed E-state index contributed by atoms with van der Waals surface area (Å²) in [7, 11) is 1.67. The van der Waals surface area contributed by atoms with Crippen molar-refractivity contribution in [2.24, 2.45) is 0 Å². The minimum atomic E-state index is -1.09. The van der Waals surface area contributed by atoms with E-state index in [0.29, 0.717) is 24.6 Å². The lowest BCUT2D eigenvalue weighted by Gasteiger charge is -2.27. The summed E-state index contributed by atoms with van der Waals surface area (Å²) >= 11 is 0. The van der Waals surface area contributed by atoms with Gasteiger partial charge in [-0.2, -0.15) is 0 Å². The summed E-state index contributed by atoms with van der Waals surface area (Å²) in [6.45, 7) is 6.38. The molecule has 3 aromatic carbocycles. The fraction of sp³-hybridized carbons (Fsp3) is 0.395. The summed E-state index contributed by atoms with van der Waals surface area (Å²) < 4.78 is 14.1. The molecule has 0 radical (unpaired) electrons. The van der Waals surface area contributed by atoms with Gasteiger partial charge >= 0.3 is 5.97 Å². The molecular formula is C38H43N3O6. The molecule has 1 unspecified atom stereocenters. The van der Waals surface area contributed by atoms with Crippen molar-refractivity contribution in [2.75, 3.05) is 13.7 Å². The molecule has 1 fully saturated rings. The summed E-state index contributed by atoms with van der Waals surface area (Å²) in [4.78, 5) is 36.8. The van der Waals surface area contributed by atoms with Crippen LogP contribution in [-0.2, 0) is 28.1 Å². The van der Waals surface area contributed by atoms with E-state index in [9.17, 15) is 19.5 Å². The maximum absolute atomic E-state index is 13.8. The van der Waals surface area contributed by atoms with E-state index in [1.54, 1.807) is 7.11 Å². The third-order valence-corrected chi connectivity index (χ3v) is 9.61. The van der Waals surface area contributed by atoms with Crippen molar-refractivity contribution in [1.29, 1.82) is 0 Å². The first-order chi connectivity index (χ1) is 22.6. The molecule has 6 rings (SSSR count). The Balaban J connectivity index is 1.31. The van der Waals surface area contributed by atoms with Crippen LogP contribution in [0.25, 0.3) is 22.2 Å². The van der Waals surface area contributed by atoms with Gasteiger partial charge in [0.05, 0.1) is 24.9 Å². The number of fused-ring (bicyclic) bond motifs is 5. The Morgan fingerprint density at radius 3 is 2.45 bits per heavy atom. The van der Waals surface area contributed by atoms with E-state index in [4.69, 9.17) is 9.47 Å². The third kappa shape index (κ3) is 6.57. The number of amides is 2. The number of carboxylic acid groups (broad SMARTS) is 1. The molecule has 1 aromatic heterocycles. The Bertz CT molecular complexity index is 1820. The van der Waals surface area contributed by atoms with Gasteiger partial charge in [0.2, 0.25) is 5.91 Å². The molecule has 3 N–H and O–H groups in total. The van der Waals surface area contributed by atoms with Gasteiger partial charge in [-0.05, 0) is 73.6 Å². The van der Waals surface area contributed by atoms with Gasteiger partial charge in [-0.1, -0.05) is 49.6 Å². The van der Waals surface area contributed by atoms with Crippen LogP contribution >= 0.6 is 0 Å². The van der Waals surface area contributed by atoms with Crippen molar-refractivity contribution in [2.45, 2.75) is 83.3 Å². The molecule has 2 aliphatic rings. The molecule has 9 heteroatoms. The molecule has 1 aliphatic carbocycles. The fourth-order valence-corrected chi connectivity index (χ4v) is 7.20. The number of rotatable bonds is 9. The van der Waals surface area contributed by atoms with Gasteiger partial charge in [0.15, 0.2) is 0 Å². The number of carbonyl (C=O) groups is 3. The minimum Gasteiger partial charge on any atom is -0.497 e. The molecule has 1 saturated carbocycles. The highest BCUT2D eigenvalue weighted by Gasteiger charge is 2.31. The third-order valence-electron chi connectivity index (χ3n) is 9.61. The Labute approximate surface area is 275 Å². The standard InChI is InChI=1S/C38H43N3O6/c1-23(42)39-31(37(44)45)20-24-10-13-27(14-11-24)38(2,3)40-36(43)26-12-16-29-32(21-26)41-18-19-47-33-22-28(46-4)15-17-30(33)35(41)34(29)25-8-6-5-7-9-25/h10-17,21-22,25,31H,5-9,18-20H2,1-4H3,(H,39,42)(H,40,43)(H,44,45). The Kier molecular flexibility index (Phi) is 8.99. The summed E-state index contributed by atoms with van der Waals surface area (Å²) in [5.41, 5.74) is 6.16. The molecule has 246 valence electrons. The molecule has 9 nitrogen and oxygen atoms in total. The van der Waals surface area contributed by atoms with Gasteiger partial charge in [0.25, 0.3) is 5.91 Å². The smallest absolute Gasteiger partial charge is 0.326 e.